The van der Waals surface area contributed by atoms with Crippen LogP contribution in [0.5, 0.6) is 5.75 Å². The minimum absolute atomic E-state index is 0.213. The van der Waals surface area contributed by atoms with Crippen molar-refractivity contribution in [1.29, 1.82) is 0 Å². The third-order valence-corrected chi connectivity index (χ3v) is 2.89. The Kier molecular flexibility index (Phi) is 3.78. The van der Waals surface area contributed by atoms with Crippen LogP contribution < -0.4 is 0 Å². The largest absolute Gasteiger partial charge is 0.508 e. The van der Waals surface area contributed by atoms with Crippen molar-refractivity contribution in [1.82, 2.24) is 0 Å². The molecule has 2 aromatic rings. The maximum absolute atomic E-state index is 11.0. The summed E-state index contributed by atoms with van der Waals surface area (Å²) in [5.41, 5.74) is 3.34. The van der Waals surface area contributed by atoms with E-state index in [9.17, 15) is 9.90 Å². The van der Waals surface area contributed by atoms with E-state index in [4.69, 9.17) is 0 Å². The molecule has 2 aromatic carbocycles. The molecular weight excluding hydrogens is 224 g/mol. The van der Waals surface area contributed by atoms with Gasteiger partial charge in [0.2, 0.25) is 0 Å². The molecule has 0 fully saturated rings. The van der Waals surface area contributed by atoms with Crippen LogP contribution in [-0.2, 0) is 11.2 Å². The second-order valence-electron chi connectivity index (χ2n) is 4.45. The van der Waals surface area contributed by atoms with Crippen molar-refractivity contribution in [3.8, 4) is 16.9 Å². The van der Waals surface area contributed by atoms with Gasteiger partial charge in [-0.05, 0) is 42.2 Å². The number of hydrogen-bond acceptors (Lipinski definition) is 2. The zero-order valence-electron chi connectivity index (χ0n) is 10.4. The van der Waals surface area contributed by atoms with E-state index in [2.05, 4.69) is 6.07 Å². The van der Waals surface area contributed by atoms with Gasteiger partial charge in [0, 0.05) is 6.42 Å². The molecule has 0 saturated heterocycles. The summed E-state index contributed by atoms with van der Waals surface area (Å²) in [6, 6.07) is 15.3. The highest BCUT2D eigenvalue weighted by Gasteiger charge is 2.01. The second-order valence-corrected chi connectivity index (χ2v) is 4.45. The van der Waals surface area contributed by atoms with Crippen LogP contribution in [0.4, 0.5) is 0 Å². The summed E-state index contributed by atoms with van der Waals surface area (Å²) in [6.07, 6.45) is 1.36. The van der Waals surface area contributed by atoms with Crippen LogP contribution >= 0.6 is 0 Å². The minimum Gasteiger partial charge on any atom is -0.508 e. The predicted molar refractivity (Wildman–Crippen MR) is 72.5 cm³/mol. The SMILES string of the molecule is CC(=O)CCc1cccc(-c2ccc(O)cc2)c1. The highest BCUT2D eigenvalue weighted by atomic mass is 16.3. The summed E-state index contributed by atoms with van der Waals surface area (Å²) < 4.78 is 0. The molecule has 0 saturated carbocycles. The lowest BCUT2D eigenvalue weighted by Gasteiger charge is -2.05. The van der Waals surface area contributed by atoms with Crippen LogP contribution in [0.15, 0.2) is 48.5 Å². The van der Waals surface area contributed by atoms with Gasteiger partial charge in [0.15, 0.2) is 0 Å². The number of rotatable bonds is 4. The van der Waals surface area contributed by atoms with Gasteiger partial charge in [-0.15, -0.1) is 0 Å². The standard InChI is InChI=1S/C16H16O2/c1-12(17)5-6-13-3-2-4-15(11-13)14-7-9-16(18)10-8-14/h2-4,7-11,18H,5-6H2,1H3. The molecule has 2 rings (SSSR count). The van der Waals surface area contributed by atoms with Gasteiger partial charge in [0.25, 0.3) is 0 Å². The van der Waals surface area contributed by atoms with Crippen LogP contribution in [0, 0.1) is 0 Å². The summed E-state index contributed by atoms with van der Waals surface area (Å²) in [5.74, 6) is 0.483. The molecule has 0 unspecified atom stereocenters. The Morgan fingerprint density at radius 2 is 1.78 bits per heavy atom. The summed E-state index contributed by atoms with van der Waals surface area (Å²) in [4.78, 5) is 11.0. The van der Waals surface area contributed by atoms with Gasteiger partial charge in [0.05, 0.1) is 0 Å². The van der Waals surface area contributed by atoms with Crippen LogP contribution in [0.25, 0.3) is 11.1 Å². The molecule has 0 aliphatic rings. The van der Waals surface area contributed by atoms with Gasteiger partial charge in [-0.1, -0.05) is 36.4 Å². The van der Waals surface area contributed by atoms with E-state index in [1.807, 2.05) is 30.3 Å². The first kappa shape index (κ1) is 12.4. The molecule has 0 atom stereocenters. The maximum Gasteiger partial charge on any atom is 0.130 e. The van der Waals surface area contributed by atoms with Gasteiger partial charge in [-0.2, -0.15) is 0 Å². The number of phenols is 1. The molecule has 2 heteroatoms. The Morgan fingerprint density at radius 3 is 2.44 bits per heavy atom. The lowest BCUT2D eigenvalue weighted by atomic mass is 10.0. The fraction of sp³-hybridized carbons (Fsp3) is 0.188. The number of aromatic hydroxyl groups is 1. The highest BCUT2D eigenvalue weighted by Crippen LogP contribution is 2.23. The smallest absolute Gasteiger partial charge is 0.130 e. The van der Waals surface area contributed by atoms with Gasteiger partial charge in [-0.25, -0.2) is 0 Å². The van der Waals surface area contributed by atoms with Gasteiger partial charge < -0.3 is 9.90 Å². The molecular formula is C16H16O2. The van der Waals surface area contributed by atoms with Crippen molar-refractivity contribution in [3.05, 3.63) is 54.1 Å². The number of carbonyl (C=O) groups excluding carboxylic acids is 1. The fourth-order valence-corrected chi connectivity index (χ4v) is 1.88. The predicted octanol–water partition coefficient (Wildman–Crippen LogP) is 3.58. The Labute approximate surface area is 107 Å². The molecule has 2 nitrogen and oxygen atoms in total. The Bertz CT molecular complexity index is 541. The number of hydrogen-bond donors (Lipinski definition) is 1. The van der Waals surface area contributed by atoms with Crippen molar-refractivity contribution in [2.75, 3.05) is 0 Å². The van der Waals surface area contributed by atoms with Crippen LogP contribution in [-0.4, -0.2) is 10.9 Å². The average Bonchev–Trinajstić information content (AvgIpc) is 2.37. The van der Waals surface area contributed by atoms with Crippen molar-refractivity contribution in [2.45, 2.75) is 19.8 Å². The molecule has 0 spiro atoms. The van der Waals surface area contributed by atoms with Gasteiger partial charge in [0.1, 0.15) is 11.5 Å². The monoisotopic (exact) mass is 240 g/mol. The van der Waals surface area contributed by atoms with Crippen LogP contribution in [0.1, 0.15) is 18.9 Å². The number of benzene rings is 2. The summed E-state index contributed by atoms with van der Waals surface area (Å²) >= 11 is 0. The van der Waals surface area contributed by atoms with E-state index >= 15 is 0 Å². The average molecular weight is 240 g/mol. The van der Waals surface area contributed by atoms with E-state index in [1.165, 1.54) is 0 Å². The molecule has 0 aliphatic heterocycles. The summed E-state index contributed by atoms with van der Waals surface area (Å²) in [6.45, 7) is 1.61. The normalized spacial score (nSPS) is 10.3. The van der Waals surface area contributed by atoms with E-state index in [1.54, 1.807) is 19.1 Å². The van der Waals surface area contributed by atoms with Gasteiger partial charge in [-0.3, -0.25) is 0 Å². The number of Topliss-reactive ketones (excluding diaryl/α,β-unsaturated/α-hetero) is 1. The third-order valence-electron chi connectivity index (χ3n) is 2.89. The second kappa shape index (κ2) is 5.50. The Hall–Kier alpha value is -2.09. The fourth-order valence-electron chi connectivity index (χ4n) is 1.88. The van der Waals surface area contributed by atoms with E-state index in [-0.39, 0.29) is 11.5 Å². The molecule has 0 heterocycles. The van der Waals surface area contributed by atoms with Crippen LogP contribution in [0.2, 0.25) is 0 Å². The molecule has 0 bridgehead atoms. The molecule has 0 amide bonds. The van der Waals surface area contributed by atoms with Gasteiger partial charge >= 0.3 is 0 Å². The summed E-state index contributed by atoms with van der Waals surface area (Å²) in [7, 11) is 0. The van der Waals surface area contributed by atoms with E-state index < -0.39 is 0 Å². The Balaban J connectivity index is 2.21. The zero-order valence-corrected chi connectivity index (χ0v) is 10.4. The zero-order chi connectivity index (χ0) is 13.0. The first-order chi connectivity index (χ1) is 8.65. The van der Waals surface area contributed by atoms with E-state index in [0.29, 0.717) is 6.42 Å². The van der Waals surface area contributed by atoms with Crippen molar-refractivity contribution >= 4 is 5.78 Å². The molecule has 1 N–H and O–H groups in total. The first-order valence-corrected chi connectivity index (χ1v) is 6.03. The molecule has 92 valence electrons. The maximum atomic E-state index is 11.0. The highest BCUT2D eigenvalue weighted by molar-refractivity contribution is 5.75. The molecule has 0 radical (unpaired) electrons. The molecule has 0 aromatic heterocycles. The van der Waals surface area contributed by atoms with Crippen molar-refractivity contribution in [3.63, 3.8) is 0 Å². The van der Waals surface area contributed by atoms with Crippen molar-refractivity contribution < 1.29 is 9.90 Å². The third kappa shape index (κ3) is 3.20. The first-order valence-electron chi connectivity index (χ1n) is 6.03. The number of ketones is 1. The van der Waals surface area contributed by atoms with E-state index in [0.717, 1.165) is 23.1 Å². The topological polar surface area (TPSA) is 37.3 Å². The van der Waals surface area contributed by atoms with Crippen LogP contribution in [0.3, 0.4) is 0 Å². The quantitative estimate of drug-likeness (QED) is 0.886. The summed E-state index contributed by atoms with van der Waals surface area (Å²) in [5, 5.41) is 9.27. The lowest BCUT2D eigenvalue weighted by molar-refractivity contribution is -0.116. The molecule has 0 aliphatic carbocycles. The lowest BCUT2D eigenvalue weighted by Crippen LogP contribution is -1.94. The minimum atomic E-state index is 0.213. The van der Waals surface area contributed by atoms with Crippen molar-refractivity contribution in [2.24, 2.45) is 0 Å². The number of phenolic OH excluding ortho intramolecular Hbond substituents is 1. The Morgan fingerprint density at radius 1 is 1.06 bits per heavy atom. The molecule has 18 heavy (non-hydrogen) atoms. The number of carbonyl (C=O) groups is 1. The number of aryl methyl sites for hydroxylation is 1.